The minimum absolute atomic E-state index is 0.586. The van der Waals surface area contributed by atoms with Crippen molar-refractivity contribution in [3.63, 3.8) is 0 Å². The van der Waals surface area contributed by atoms with Crippen LogP contribution in [0.5, 0.6) is 11.5 Å². The second-order valence-electron chi connectivity index (χ2n) is 14.7. The van der Waals surface area contributed by atoms with Gasteiger partial charge in [-0.05, 0) is 74.2 Å². The molecule has 4 nitrogen and oxygen atoms in total. The summed E-state index contributed by atoms with van der Waals surface area (Å²) in [6, 6.07) is 74.1. The molecule has 2 heterocycles. The molecular formula is C55H35N3O. The van der Waals surface area contributed by atoms with Crippen LogP contribution in [0.2, 0.25) is 0 Å². The summed E-state index contributed by atoms with van der Waals surface area (Å²) >= 11 is 0. The van der Waals surface area contributed by atoms with Crippen LogP contribution >= 0.6 is 0 Å². The van der Waals surface area contributed by atoms with E-state index in [1.165, 1.54) is 0 Å². The molecule has 1 aromatic heterocycles. The van der Waals surface area contributed by atoms with E-state index in [4.69, 9.17) is 19.7 Å². The Morgan fingerprint density at radius 2 is 0.746 bits per heavy atom. The zero-order valence-corrected chi connectivity index (χ0v) is 32.0. The Labute approximate surface area is 342 Å². The summed E-state index contributed by atoms with van der Waals surface area (Å²) in [6.07, 6.45) is 0. The fraction of sp³-hybridized carbons (Fsp3) is 0. The lowest BCUT2D eigenvalue weighted by atomic mass is 9.85. The highest BCUT2D eigenvalue weighted by Crippen LogP contribution is 2.50. The third-order valence-electron chi connectivity index (χ3n) is 11.2. The molecule has 10 aromatic rings. The van der Waals surface area contributed by atoms with Gasteiger partial charge in [-0.15, -0.1) is 0 Å². The van der Waals surface area contributed by atoms with Crippen molar-refractivity contribution in [3.05, 3.63) is 212 Å². The number of fused-ring (bicyclic) bond motifs is 11. The van der Waals surface area contributed by atoms with E-state index in [2.05, 4.69) is 170 Å². The first-order valence-corrected chi connectivity index (χ1v) is 19.9. The number of aromatic nitrogens is 3. The average Bonchev–Trinajstić information content (AvgIpc) is 3.33. The van der Waals surface area contributed by atoms with Gasteiger partial charge in [0.15, 0.2) is 17.5 Å². The van der Waals surface area contributed by atoms with E-state index < -0.39 is 0 Å². The van der Waals surface area contributed by atoms with E-state index >= 15 is 0 Å². The van der Waals surface area contributed by atoms with Crippen molar-refractivity contribution in [1.29, 1.82) is 0 Å². The summed E-state index contributed by atoms with van der Waals surface area (Å²) < 4.78 is 7.21. The van der Waals surface area contributed by atoms with Gasteiger partial charge in [-0.3, -0.25) is 0 Å². The summed E-state index contributed by atoms with van der Waals surface area (Å²) in [6.45, 7) is 0. The second-order valence-corrected chi connectivity index (χ2v) is 14.7. The van der Waals surface area contributed by atoms with Crippen molar-refractivity contribution in [2.45, 2.75) is 0 Å². The van der Waals surface area contributed by atoms with Crippen LogP contribution in [0.4, 0.5) is 0 Å². The van der Waals surface area contributed by atoms with Gasteiger partial charge in [-0.1, -0.05) is 188 Å². The molecule has 0 N–H and O–H groups in total. The first-order chi connectivity index (χ1) is 29.2. The quantitative estimate of drug-likeness (QED) is 0.180. The predicted octanol–water partition coefficient (Wildman–Crippen LogP) is 14.5. The van der Waals surface area contributed by atoms with E-state index in [9.17, 15) is 0 Å². The maximum absolute atomic E-state index is 7.21. The van der Waals surface area contributed by atoms with Crippen LogP contribution in [0.25, 0.3) is 101 Å². The lowest BCUT2D eigenvalue weighted by molar-refractivity contribution is 0.492. The van der Waals surface area contributed by atoms with Gasteiger partial charge < -0.3 is 4.74 Å². The Morgan fingerprint density at radius 1 is 0.271 bits per heavy atom. The third-order valence-corrected chi connectivity index (χ3v) is 11.2. The number of benzene rings is 9. The molecule has 4 heteroatoms. The minimum Gasteiger partial charge on any atom is -0.455 e. The fourth-order valence-electron chi connectivity index (χ4n) is 8.32. The normalized spacial score (nSPS) is 11.5. The van der Waals surface area contributed by atoms with Crippen LogP contribution in [0.3, 0.4) is 0 Å². The summed E-state index contributed by atoms with van der Waals surface area (Å²) in [5.74, 6) is 3.40. The zero-order chi connectivity index (χ0) is 39.1. The van der Waals surface area contributed by atoms with Crippen molar-refractivity contribution < 1.29 is 4.74 Å². The van der Waals surface area contributed by atoms with E-state index in [-0.39, 0.29) is 0 Å². The molecule has 0 radical (unpaired) electrons. The van der Waals surface area contributed by atoms with Gasteiger partial charge in [-0.25, -0.2) is 15.0 Å². The van der Waals surface area contributed by atoms with E-state index in [0.717, 1.165) is 94.6 Å². The van der Waals surface area contributed by atoms with Crippen molar-refractivity contribution in [2.75, 3.05) is 0 Å². The molecule has 1 aliphatic heterocycles. The fourth-order valence-corrected chi connectivity index (χ4v) is 8.32. The van der Waals surface area contributed by atoms with Crippen molar-refractivity contribution >= 4 is 10.8 Å². The van der Waals surface area contributed by atoms with Gasteiger partial charge in [0.25, 0.3) is 0 Å². The number of para-hydroxylation sites is 1. The molecule has 0 bridgehead atoms. The first kappa shape index (κ1) is 34.3. The molecule has 0 saturated heterocycles. The van der Waals surface area contributed by atoms with Crippen molar-refractivity contribution in [1.82, 2.24) is 15.0 Å². The Balaban J connectivity index is 1.18. The molecule has 276 valence electrons. The average molecular weight is 754 g/mol. The molecule has 0 unspecified atom stereocenters. The Morgan fingerprint density at radius 3 is 1.44 bits per heavy atom. The predicted molar refractivity (Wildman–Crippen MR) is 241 cm³/mol. The summed E-state index contributed by atoms with van der Waals surface area (Å²) in [5.41, 5.74) is 13.6. The maximum Gasteiger partial charge on any atom is 0.164 e. The highest BCUT2D eigenvalue weighted by Gasteiger charge is 2.24. The van der Waals surface area contributed by atoms with E-state index in [1.54, 1.807) is 0 Å². The highest BCUT2D eigenvalue weighted by atomic mass is 16.5. The van der Waals surface area contributed by atoms with Crippen LogP contribution in [0.1, 0.15) is 0 Å². The monoisotopic (exact) mass is 753 g/mol. The highest BCUT2D eigenvalue weighted by molar-refractivity contribution is 6.03. The molecule has 1 aliphatic rings. The van der Waals surface area contributed by atoms with Crippen molar-refractivity contribution in [3.8, 4) is 101 Å². The molecule has 0 saturated carbocycles. The molecule has 11 rings (SSSR count). The van der Waals surface area contributed by atoms with Gasteiger partial charge in [-0.2, -0.15) is 0 Å². The molecule has 0 aliphatic carbocycles. The summed E-state index contributed by atoms with van der Waals surface area (Å²) in [7, 11) is 0. The number of nitrogens with zero attached hydrogens (tertiary/aromatic N) is 3. The maximum atomic E-state index is 7.21. The molecule has 9 aromatic carbocycles. The topological polar surface area (TPSA) is 47.9 Å². The number of rotatable bonds is 4. The van der Waals surface area contributed by atoms with Gasteiger partial charge in [0.2, 0.25) is 0 Å². The van der Waals surface area contributed by atoms with E-state index in [0.29, 0.717) is 17.5 Å². The molecule has 59 heavy (non-hydrogen) atoms. The van der Waals surface area contributed by atoms with Crippen molar-refractivity contribution in [2.24, 2.45) is 0 Å². The first-order valence-electron chi connectivity index (χ1n) is 19.9. The Hall–Kier alpha value is -7.95. The van der Waals surface area contributed by atoms with Crippen LogP contribution < -0.4 is 4.74 Å². The number of hydrogen-bond acceptors (Lipinski definition) is 4. The standard InChI is InChI=1S/C55H35N3O/c1-3-16-36(17-4-1)39-21-15-22-40(34-39)54-56-53(38-19-5-2-6-20-38)57-55(58-54)41-31-32-47-45-26-10-9-24-43(45)44-25-11-12-27-46(44)48-28-13-14-29-51(48)59-52-42-23-8-7-18-37(42)30-33-49(52)50(47)35-41/h1-35H. The molecule has 0 atom stereocenters. The second kappa shape index (κ2) is 14.5. The lowest BCUT2D eigenvalue weighted by Crippen LogP contribution is -2.01. The summed E-state index contributed by atoms with van der Waals surface area (Å²) in [5, 5.41) is 2.13. The Bertz CT molecular complexity index is 3190. The van der Waals surface area contributed by atoms with Gasteiger partial charge in [0, 0.05) is 33.2 Å². The molecule has 0 spiro atoms. The molecular weight excluding hydrogens is 719 g/mol. The van der Waals surface area contributed by atoms with Gasteiger partial charge in [0.05, 0.1) is 0 Å². The smallest absolute Gasteiger partial charge is 0.164 e. The third kappa shape index (κ3) is 6.24. The van der Waals surface area contributed by atoms with Gasteiger partial charge >= 0.3 is 0 Å². The van der Waals surface area contributed by atoms with Crippen LogP contribution in [0.15, 0.2) is 212 Å². The molecule has 0 amide bonds. The van der Waals surface area contributed by atoms with Crippen LogP contribution in [-0.4, -0.2) is 15.0 Å². The van der Waals surface area contributed by atoms with Crippen LogP contribution in [0, 0.1) is 0 Å². The minimum atomic E-state index is 0.586. The summed E-state index contributed by atoms with van der Waals surface area (Å²) in [4.78, 5) is 15.5. The SMILES string of the molecule is c1ccc(-c2cccc(-c3nc(-c4ccccc4)nc(-c4ccc5c(c4)-c4ccc6ccccc6c4Oc4ccccc4-c4ccccc4-c4ccccc4-5)n3)c2)cc1. The van der Waals surface area contributed by atoms with Gasteiger partial charge in [0.1, 0.15) is 11.5 Å². The van der Waals surface area contributed by atoms with Crippen LogP contribution in [-0.2, 0) is 0 Å². The molecule has 0 fully saturated rings. The van der Waals surface area contributed by atoms with E-state index in [1.807, 2.05) is 42.5 Å². The lowest BCUT2D eigenvalue weighted by Gasteiger charge is -2.19. The zero-order valence-electron chi connectivity index (χ0n) is 32.0. The number of hydrogen-bond donors (Lipinski definition) is 0. The largest absolute Gasteiger partial charge is 0.455 e. The number of ether oxygens (including phenoxy) is 1. The Kier molecular flexibility index (Phi) is 8.45.